The number of rotatable bonds is 3. The lowest BCUT2D eigenvalue weighted by molar-refractivity contribution is -0.121. The molecular weight excluding hydrogens is 382 g/mol. The average molecular weight is 391 g/mol. The minimum Gasteiger partial charge on any atom is -0.506 e. The van der Waals surface area contributed by atoms with Gasteiger partial charge in [-0.25, -0.2) is 0 Å². The van der Waals surface area contributed by atoms with E-state index in [-0.39, 0.29) is 11.7 Å². The topological polar surface area (TPSA) is 40.5 Å². The maximum absolute atomic E-state index is 12.2. The summed E-state index contributed by atoms with van der Waals surface area (Å²) in [5, 5.41) is 10.4. The fourth-order valence-electron chi connectivity index (χ4n) is 1.62. The molecule has 1 N–H and O–H groups in total. The van der Waals surface area contributed by atoms with Crippen LogP contribution in [0.3, 0.4) is 0 Å². The van der Waals surface area contributed by atoms with Crippen molar-refractivity contribution in [1.29, 1.82) is 0 Å². The number of hydrogen-bond donors (Lipinski definition) is 1. The second-order valence-electron chi connectivity index (χ2n) is 3.91. The molecule has 1 saturated heterocycles. The highest BCUT2D eigenvalue weighted by atomic mass is 79.9. The first-order chi connectivity index (χ1) is 9.43. The third-order valence-electron chi connectivity index (χ3n) is 2.53. The highest BCUT2D eigenvalue weighted by molar-refractivity contribution is 9.10. The van der Waals surface area contributed by atoms with Gasteiger partial charge in [0.15, 0.2) is 0 Å². The van der Waals surface area contributed by atoms with Crippen LogP contribution in [0.5, 0.6) is 5.75 Å². The molecule has 0 radical (unpaired) electrons. The number of nitrogens with zero attached hydrogens (tertiary/aromatic N) is 1. The van der Waals surface area contributed by atoms with E-state index in [9.17, 15) is 9.90 Å². The van der Waals surface area contributed by atoms with Gasteiger partial charge >= 0.3 is 0 Å². The van der Waals surface area contributed by atoms with Gasteiger partial charge in [-0.05, 0) is 34.1 Å². The number of carbonyl (C=O) groups excluding carboxylic acids is 1. The van der Waals surface area contributed by atoms with E-state index >= 15 is 0 Å². The number of carbonyl (C=O) groups is 1. The SMILES string of the molecule is C=CCN1C(=O)C(=Cc2cc(Cl)cc(Br)c2O)SC1=S. The smallest absolute Gasteiger partial charge is 0.266 e. The van der Waals surface area contributed by atoms with Crippen LogP contribution < -0.4 is 0 Å². The summed E-state index contributed by atoms with van der Waals surface area (Å²) in [5.74, 6) is -0.168. The number of thioether (sulfide) groups is 1. The Hall–Kier alpha value is -0.820. The molecule has 0 unspecified atom stereocenters. The molecule has 0 saturated carbocycles. The monoisotopic (exact) mass is 389 g/mol. The Labute approximate surface area is 139 Å². The van der Waals surface area contributed by atoms with Gasteiger partial charge in [0.05, 0.1) is 9.38 Å². The summed E-state index contributed by atoms with van der Waals surface area (Å²) < 4.78 is 0.944. The molecule has 1 fully saturated rings. The lowest BCUT2D eigenvalue weighted by Crippen LogP contribution is -2.27. The van der Waals surface area contributed by atoms with Crippen molar-refractivity contribution in [2.24, 2.45) is 0 Å². The maximum atomic E-state index is 12.2. The Morgan fingerprint density at radius 1 is 1.55 bits per heavy atom. The zero-order valence-corrected chi connectivity index (χ0v) is 14.1. The van der Waals surface area contributed by atoms with Gasteiger partial charge in [0.25, 0.3) is 5.91 Å². The number of phenolic OH excluding ortho intramolecular Hbond substituents is 1. The van der Waals surface area contributed by atoms with Crippen LogP contribution in [0.2, 0.25) is 5.02 Å². The van der Waals surface area contributed by atoms with Gasteiger partial charge < -0.3 is 5.11 Å². The number of amides is 1. The molecule has 0 atom stereocenters. The van der Waals surface area contributed by atoms with Crippen molar-refractivity contribution in [2.45, 2.75) is 0 Å². The van der Waals surface area contributed by atoms with E-state index < -0.39 is 0 Å². The van der Waals surface area contributed by atoms with E-state index in [0.717, 1.165) is 0 Å². The molecule has 20 heavy (non-hydrogen) atoms. The third kappa shape index (κ3) is 3.09. The van der Waals surface area contributed by atoms with Crippen molar-refractivity contribution in [3.63, 3.8) is 0 Å². The summed E-state index contributed by atoms with van der Waals surface area (Å²) in [4.78, 5) is 14.1. The van der Waals surface area contributed by atoms with Crippen molar-refractivity contribution in [3.05, 3.63) is 44.8 Å². The van der Waals surface area contributed by atoms with Gasteiger partial charge in [-0.3, -0.25) is 9.69 Å². The zero-order chi connectivity index (χ0) is 14.9. The van der Waals surface area contributed by atoms with E-state index in [0.29, 0.717) is 30.8 Å². The fourth-order valence-corrected chi connectivity index (χ4v) is 3.72. The van der Waals surface area contributed by atoms with E-state index in [1.807, 2.05) is 0 Å². The Balaban J connectivity index is 2.40. The molecule has 1 aliphatic rings. The van der Waals surface area contributed by atoms with Crippen molar-refractivity contribution in [2.75, 3.05) is 6.54 Å². The number of phenols is 1. The van der Waals surface area contributed by atoms with Crippen LogP contribution in [0.15, 0.2) is 34.2 Å². The number of thiocarbonyl (C=S) groups is 1. The van der Waals surface area contributed by atoms with Crippen LogP contribution in [0.1, 0.15) is 5.56 Å². The second kappa shape index (κ2) is 6.30. The highest BCUT2D eigenvalue weighted by Crippen LogP contribution is 2.37. The van der Waals surface area contributed by atoms with Crippen molar-refractivity contribution in [3.8, 4) is 5.75 Å². The molecule has 0 aromatic heterocycles. The van der Waals surface area contributed by atoms with Gasteiger partial charge in [0, 0.05) is 17.1 Å². The van der Waals surface area contributed by atoms with Gasteiger partial charge in [-0.1, -0.05) is 41.7 Å². The minimum atomic E-state index is -0.199. The predicted octanol–water partition coefficient (Wildman–Crippen LogP) is 4.20. The Bertz CT molecular complexity index is 646. The van der Waals surface area contributed by atoms with E-state index in [2.05, 4.69) is 22.5 Å². The normalized spacial score (nSPS) is 17.1. The molecule has 0 bridgehead atoms. The number of hydrogen-bond acceptors (Lipinski definition) is 4. The molecule has 7 heteroatoms. The third-order valence-corrected chi connectivity index (χ3v) is 4.73. The van der Waals surface area contributed by atoms with E-state index in [1.54, 1.807) is 24.3 Å². The molecule has 1 heterocycles. The fraction of sp³-hybridized carbons (Fsp3) is 0.0769. The molecule has 1 aliphatic heterocycles. The summed E-state index contributed by atoms with van der Waals surface area (Å²) in [6.07, 6.45) is 3.19. The van der Waals surface area contributed by atoms with E-state index in [1.165, 1.54) is 16.7 Å². The van der Waals surface area contributed by atoms with Gasteiger partial charge in [-0.15, -0.1) is 6.58 Å². The summed E-state index contributed by atoms with van der Waals surface area (Å²) in [7, 11) is 0. The van der Waals surface area contributed by atoms with Crippen LogP contribution >= 0.6 is 51.5 Å². The quantitative estimate of drug-likeness (QED) is 0.477. The molecule has 0 aliphatic carbocycles. The average Bonchev–Trinajstić information content (AvgIpc) is 2.63. The van der Waals surface area contributed by atoms with Gasteiger partial charge in [0.2, 0.25) is 0 Å². The van der Waals surface area contributed by atoms with Gasteiger partial charge in [0.1, 0.15) is 10.1 Å². The lowest BCUT2D eigenvalue weighted by Gasteiger charge is -2.10. The maximum Gasteiger partial charge on any atom is 0.266 e. The number of aromatic hydroxyl groups is 1. The molecule has 1 amide bonds. The van der Waals surface area contributed by atoms with Crippen LogP contribution in [0, 0.1) is 0 Å². The Kier molecular flexibility index (Phi) is 4.90. The molecule has 2 rings (SSSR count). The molecule has 3 nitrogen and oxygen atoms in total. The second-order valence-corrected chi connectivity index (χ2v) is 6.87. The van der Waals surface area contributed by atoms with Crippen LogP contribution in [0.25, 0.3) is 6.08 Å². The minimum absolute atomic E-state index is 0.0309. The predicted molar refractivity (Wildman–Crippen MR) is 90.9 cm³/mol. The first kappa shape index (κ1) is 15.6. The van der Waals surface area contributed by atoms with Crippen molar-refractivity contribution in [1.82, 2.24) is 4.90 Å². The van der Waals surface area contributed by atoms with Crippen LogP contribution in [-0.4, -0.2) is 26.8 Å². The number of benzene rings is 1. The summed E-state index contributed by atoms with van der Waals surface area (Å²) >= 11 is 15.5. The Morgan fingerprint density at radius 3 is 2.90 bits per heavy atom. The largest absolute Gasteiger partial charge is 0.506 e. The van der Waals surface area contributed by atoms with E-state index in [4.69, 9.17) is 23.8 Å². The molecule has 0 spiro atoms. The van der Waals surface area contributed by atoms with Crippen molar-refractivity contribution < 1.29 is 9.90 Å². The Morgan fingerprint density at radius 2 is 2.25 bits per heavy atom. The molecule has 1 aromatic rings. The zero-order valence-electron chi connectivity index (χ0n) is 10.1. The summed E-state index contributed by atoms with van der Waals surface area (Å²) in [5.41, 5.74) is 0.462. The standard InChI is InChI=1S/C13H9BrClNO2S2/c1-2-3-16-12(18)10(20-13(16)19)5-7-4-8(15)6-9(14)11(7)17/h2,4-6,17H,1,3H2. The summed E-state index contributed by atoms with van der Waals surface area (Å²) in [6, 6.07) is 3.17. The first-order valence-corrected chi connectivity index (χ1v) is 7.88. The first-order valence-electron chi connectivity index (χ1n) is 5.48. The summed E-state index contributed by atoms with van der Waals surface area (Å²) in [6.45, 7) is 3.96. The van der Waals surface area contributed by atoms with Crippen LogP contribution in [-0.2, 0) is 4.79 Å². The highest BCUT2D eigenvalue weighted by Gasteiger charge is 2.31. The molecular formula is C13H9BrClNO2S2. The molecule has 104 valence electrons. The van der Waals surface area contributed by atoms with Crippen molar-refractivity contribution >= 4 is 67.8 Å². The lowest BCUT2D eigenvalue weighted by atomic mass is 10.2. The van der Waals surface area contributed by atoms with Crippen LogP contribution in [0.4, 0.5) is 0 Å². The van der Waals surface area contributed by atoms with Gasteiger partial charge in [-0.2, -0.15) is 0 Å². The number of halogens is 2. The molecule has 1 aromatic carbocycles.